The molecular formula is C58H68FN9O6. The molecule has 5 aromatic rings. The van der Waals surface area contributed by atoms with Crippen molar-refractivity contribution < 1.29 is 33.0 Å². The minimum absolute atomic E-state index is 0.262. The van der Waals surface area contributed by atoms with Gasteiger partial charge in [-0.05, 0) is 147 Å². The molecule has 0 unspecified atom stereocenters. The summed E-state index contributed by atoms with van der Waals surface area (Å²) in [4.78, 5) is 68.0. The summed E-state index contributed by atoms with van der Waals surface area (Å²) in [5.41, 5.74) is 7.72. The van der Waals surface area contributed by atoms with Gasteiger partial charge in [-0.2, -0.15) is 0 Å². The van der Waals surface area contributed by atoms with Crippen LogP contribution in [0.3, 0.4) is 0 Å². The molecule has 1 aromatic heterocycles. The van der Waals surface area contributed by atoms with E-state index in [9.17, 15) is 23.6 Å². The number of halogens is 1. The summed E-state index contributed by atoms with van der Waals surface area (Å²) in [6.07, 6.45) is 7.60. The lowest BCUT2D eigenvalue weighted by molar-refractivity contribution is -0.133. The van der Waals surface area contributed by atoms with Crippen molar-refractivity contribution >= 4 is 57.3 Å². The fraction of sp³-hybridized carbons (Fsp3) is 0.431. The maximum absolute atomic E-state index is 13.4. The standard InChI is InChI=1S/C58H68FN9O6/c1-5-51(55(70)61-39(3)69)68-37-49-46(38(68)2)16-7-41-20-26-65(36-48(41)49)25-6-24-64-29-31-66(32-30-64)35-40-18-27-67(28-19-40)52-34-50-47(33-54(52)73-4)53(17-23-60-50)74-45-14-12-44(13-15-45)63-57(72)58(21-22-58)56(71)62-43-10-8-42(59)9-11-43/h7-17,23,33-34,40,51H,2,5-6,18-22,24-32,35-37H2,1,3-4H3,(H,62,71)(H,63,72)(H,61,69,70)/t51-/m0/s1. The fourth-order valence-corrected chi connectivity index (χ4v) is 11.4. The number of aromatic nitrogens is 1. The highest BCUT2D eigenvalue weighted by Gasteiger charge is 2.56. The number of ether oxygens (including phenoxy) is 2. The molecule has 0 spiro atoms. The van der Waals surface area contributed by atoms with Crippen LogP contribution in [0.4, 0.5) is 21.5 Å². The molecule has 1 saturated carbocycles. The second-order valence-corrected chi connectivity index (χ2v) is 20.7. The SMILES string of the molecule is C=C1c2ccc3c(c2CN1[C@@H](CC)C(=O)NC(C)=O)CN(CCCN1CCN(CC2CCN(c4cc5nccc(Oc6ccc(NC(=O)C7(C(=O)Nc8ccc(F)cc8)CC7)cc6)c5cc4OC)CC2)CC1)CC3. The Labute approximate surface area is 433 Å². The van der Waals surface area contributed by atoms with Crippen molar-refractivity contribution in [2.75, 3.05) is 88.1 Å². The molecule has 3 fully saturated rings. The van der Waals surface area contributed by atoms with Gasteiger partial charge in [-0.15, -0.1) is 0 Å². The van der Waals surface area contributed by atoms with E-state index in [4.69, 9.17) is 14.5 Å². The van der Waals surface area contributed by atoms with Gasteiger partial charge >= 0.3 is 0 Å². The Morgan fingerprint density at radius 1 is 0.797 bits per heavy atom. The summed E-state index contributed by atoms with van der Waals surface area (Å²) in [6, 6.07) is 22.4. The molecule has 1 aliphatic carbocycles. The number of hydrogen-bond acceptors (Lipinski definition) is 12. The first-order chi connectivity index (χ1) is 35.9. The van der Waals surface area contributed by atoms with Crippen LogP contribution in [0, 0.1) is 17.2 Å². The average molecular weight is 1010 g/mol. The number of rotatable bonds is 17. The number of nitrogens with one attached hydrogen (secondary N) is 3. The van der Waals surface area contributed by atoms with Crippen LogP contribution in [0.5, 0.6) is 17.2 Å². The van der Waals surface area contributed by atoms with E-state index in [0.717, 1.165) is 131 Å². The number of benzene rings is 4. The van der Waals surface area contributed by atoms with Crippen molar-refractivity contribution in [2.24, 2.45) is 11.3 Å². The maximum Gasteiger partial charge on any atom is 0.249 e. The summed E-state index contributed by atoms with van der Waals surface area (Å²) < 4.78 is 25.7. The predicted octanol–water partition coefficient (Wildman–Crippen LogP) is 8.04. The summed E-state index contributed by atoms with van der Waals surface area (Å²) >= 11 is 0. The normalized spacial score (nSPS) is 18.4. The van der Waals surface area contributed by atoms with Gasteiger partial charge in [-0.25, -0.2) is 4.39 Å². The molecule has 4 amide bonds. The van der Waals surface area contributed by atoms with Crippen molar-refractivity contribution in [3.8, 4) is 17.2 Å². The van der Waals surface area contributed by atoms with E-state index in [-0.39, 0.29) is 17.7 Å². The zero-order valence-electron chi connectivity index (χ0n) is 42.9. The number of carbonyl (C=O) groups excluding carboxylic acids is 4. The molecule has 5 heterocycles. The third kappa shape index (κ3) is 11.0. The molecule has 10 rings (SSSR count). The molecule has 16 heteroatoms. The monoisotopic (exact) mass is 1010 g/mol. The van der Waals surface area contributed by atoms with Gasteiger partial charge in [0, 0.05) is 107 Å². The zero-order valence-corrected chi connectivity index (χ0v) is 42.9. The van der Waals surface area contributed by atoms with E-state index in [1.54, 1.807) is 37.6 Å². The number of fused-ring (bicyclic) bond motifs is 4. The number of amides is 4. The van der Waals surface area contributed by atoms with Crippen LogP contribution >= 0.6 is 0 Å². The van der Waals surface area contributed by atoms with E-state index in [1.807, 2.05) is 19.1 Å². The molecule has 0 bridgehead atoms. The Kier molecular flexibility index (Phi) is 15.0. The second-order valence-electron chi connectivity index (χ2n) is 20.7. The van der Waals surface area contributed by atoms with E-state index in [1.165, 1.54) is 47.9 Å². The number of anilines is 3. The smallest absolute Gasteiger partial charge is 0.249 e. The molecule has 15 nitrogen and oxygen atoms in total. The van der Waals surface area contributed by atoms with Crippen LogP contribution in [-0.2, 0) is 38.7 Å². The highest BCUT2D eigenvalue weighted by molar-refractivity contribution is 6.17. The summed E-state index contributed by atoms with van der Waals surface area (Å²) in [5, 5.41) is 8.94. The minimum atomic E-state index is -1.16. The number of pyridine rings is 1. The number of piperidine rings is 1. The van der Waals surface area contributed by atoms with Crippen LogP contribution in [0.25, 0.3) is 16.6 Å². The topological polar surface area (TPSA) is 152 Å². The Morgan fingerprint density at radius 3 is 2.14 bits per heavy atom. The summed E-state index contributed by atoms with van der Waals surface area (Å²) in [6.45, 7) is 20.0. The average Bonchev–Trinajstić information content (AvgIpc) is 4.17. The highest BCUT2D eigenvalue weighted by atomic mass is 19.1. The minimum Gasteiger partial charge on any atom is -0.495 e. The third-order valence-corrected chi connectivity index (χ3v) is 15.9. The first-order valence-corrected chi connectivity index (χ1v) is 26.3. The number of nitrogens with zero attached hydrogens (tertiary/aromatic N) is 6. The quantitative estimate of drug-likeness (QED) is 0.0774. The second kappa shape index (κ2) is 21.9. The molecule has 388 valence electrons. The Balaban J connectivity index is 0.663. The van der Waals surface area contributed by atoms with Crippen molar-refractivity contribution in [1.82, 2.24) is 29.9 Å². The molecule has 2 saturated heterocycles. The molecule has 3 N–H and O–H groups in total. The first-order valence-electron chi connectivity index (χ1n) is 26.3. The Morgan fingerprint density at radius 2 is 1.47 bits per heavy atom. The molecule has 0 radical (unpaired) electrons. The van der Waals surface area contributed by atoms with E-state index in [0.29, 0.717) is 54.6 Å². The Bertz CT molecular complexity index is 2910. The number of carbonyl (C=O) groups is 4. The van der Waals surface area contributed by atoms with Gasteiger partial charge in [-0.1, -0.05) is 25.6 Å². The number of piperazine rings is 1. The van der Waals surface area contributed by atoms with Crippen LogP contribution in [-0.4, -0.2) is 127 Å². The van der Waals surface area contributed by atoms with Crippen LogP contribution < -0.4 is 30.3 Å². The molecular weight excluding hydrogens is 938 g/mol. The van der Waals surface area contributed by atoms with Gasteiger partial charge in [0.1, 0.15) is 34.5 Å². The van der Waals surface area contributed by atoms with Gasteiger partial charge in [0.05, 0.1) is 18.3 Å². The van der Waals surface area contributed by atoms with E-state index < -0.39 is 23.2 Å². The Hall–Kier alpha value is -6.88. The molecule has 74 heavy (non-hydrogen) atoms. The van der Waals surface area contributed by atoms with Gasteiger partial charge in [0.15, 0.2) is 0 Å². The molecule has 5 aliphatic rings. The van der Waals surface area contributed by atoms with Crippen molar-refractivity contribution in [3.05, 3.63) is 120 Å². The van der Waals surface area contributed by atoms with Crippen molar-refractivity contribution in [2.45, 2.75) is 77.9 Å². The lowest BCUT2D eigenvalue weighted by Crippen LogP contribution is -2.49. The molecule has 1 atom stereocenters. The summed E-state index contributed by atoms with van der Waals surface area (Å²) in [7, 11) is 1.70. The maximum atomic E-state index is 13.4. The van der Waals surface area contributed by atoms with Gasteiger partial charge in [-0.3, -0.25) is 34.4 Å². The third-order valence-electron chi connectivity index (χ3n) is 15.9. The summed E-state index contributed by atoms with van der Waals surface area (Å²) in [5.74, 6) is 0.826. The van der Waals surface area contributed by atoms with E-state index in [2.05, 4.69) is 65.2 Å². The number of methoxy groups -OCH3 is 1. The van der Waals surface area contributed by atoms with Crippen molar-refractivity contribution in [3.63, 3.8) is 0 Å². The van der Waals surface area contributed by atoms with Crippen LogP contribution in [0.1, 0.15) is 74.6 Å². The van der Waals surface area contributed by atoms with Gasteiger partial charge in [0.25, 0.3) is 0 Å². The van der Waals surface area contributed by atoms with Gasteiger partial charge in [0.2, 0.25) is 23.6 Å². The van der Waals surface area contributed by atoms with Gasteiger partial charge < -0.3 is 39.7 Å². The first kappa shape index (κ1) is 50.6. The lowest BCUT2D eigenvalue weighted by atomic mass is 9.92. The highest BCUT2D eigenvalue weighted by Crippen LogP contribution is 2.48. The molecule has 4 aromatic carbocycles. The van der Waals surface area contributed by atoms with Crippen LogP contribution in [0.2, 0.25) is 0 Å². The number of imide groups is 1. The molecule has 4 aliphatic heterocycles. The number of hydrogen-bond donors (Lipinski definition) is 3. The zero-order chi connectivity index (χ0) is 51.5. The van der Waals surface area contributed by atoms with Crippen molar-refractivity contribution in [1.29, 1.82) is 0 Å². The fourth-order valence-electron chi connectivity index (χ4n) is 11.4. The van der Waals surface area contributed by atoms with Crippen LogP contribution in [0.15, 0.2) is 91.6 Å². The largest absolute Gasteiger partial charge is 0.495 e. The lowest BCUT2D eigenvalue weighted by Gasteiger charge is -2.40. The van der Waals surface area contributed by atoms with E-state index >= 15 is 0 Å². The predicted molar refractivity (Wildman–Crippen MR) is 285 cm³/mol.